The van der Waals surface area contributed by atoms with Crippen molar-refractivity contribution in [3.63, 3.8) is 0 Å². The van der Waals surface area contributed by atoms with Gasteiger partial charge in [0.15, 0.2) is 0 Å². The number of nitrogens with zero attached hydrogens (tertiary/aromatic N) is 3. The number of imidazole rings is 1. The zero-order valence-corrected chi connectivity index (χ0v) is 13.1. The van der Waals surface area contributed by atoms with Crippen LogP contribution in [0.15, 0.2) is 6.20 Å². The van der Waals surface area contributed by atoms with Crippen LogP contribution in [-0.2, 0) is 11.3 Å². The molecule has 0 spiro atoms. The summed E-state index contributed by atoms with van der Waals surface area (Å²) >= 11 is 0. The zero-order chi connectivity index (χ0) is 14.4. The second-order valence-electron chi connectivity index (χ2n) is 5.62. The van der Waals surface area contributed by atoms with Crippen molar-refractivity contribution in [1.82, 2.24) is 14.5 Å². The summed E-state index contributed by atoms with van der Waals surface area (Å²) < 4.78 is 7.35. The summed E-state index contributed by atoms with van der Waals surface area (Å²) in [5.74, 6) is 1.02. The lowest BCUT2D eigenvalue weighted by atomic mass is 10.1. The van der Waals surface area contributed by atoms with Crippen molar-refractivity contribution in [2.45, 2.75) is 45.7 Å². The lowest BCUT2D eigenvalue weighted by molar-refractivity contribution is 0.190. The van der Waals surface area contributed by atoms with E-state index in [1.54, 1.807) is 7.11 Å². The third-order valence-electron chi connectivity index (χ3n) is 3.93. The molecule has 1 aliphatic rings. The lowest BCUT2D eigenvalue weighted by Gasteiger charge is -2.32. The molecule has 1 N–H and O–H groups in total. The smallest absolute Gasteiger partial charge is 0.203 e. The minimum absolute atomic E-state index is 0.520. The fourth-order valence-electron chi connectivity index (χ4n) is 2.85. The fraction of sp³-hybridized carbons (Fsp3) is 0.800. The van der Waals surface area contributed by atoms with Gasteiger partial charge in [0, 0.05) is 39.0 Å². The van der Waals surface area contributed by atoms with Gasteiger partial charge < -0.3 is 19.5 Å². The van der Waals surface area contributed by atoms with Gasteiger partial charge in [0.1, 0.15) is 0 Å². The first-order valence-electron chi connectivity index (χ1n) is 7.74. The largest absolute Gasteiger partial charge is 0.385 e. The minimum Gasteiger partial charge on any atom is -0.385 e. The Balaban J connectivity index is 1.93. The molecule has 1 atom stereocenters. The van der Waals surface area contributed by atoms with Crippen LogP contribution >= 0.6 is 0 Å². The van der Waals surface area contributed by atoms with E-state index in [4.69, 9.17) is 4.74 Å². The predicted molar refractivity (Wildman–Crippen MR) is 82.2 cm³/mol. The van der Waals surface area contributed by atoms with Crippen molar-refractivity contribution < 1.29 is 4.74 Å². The van der Waals surface area contributed by atoms with Crippen LogP contribution in [0, 0.1) is 6.92 Å². The van der Waals surface area contributed by atoms with Crippen LogP contribution in [0.3, 0.4) is 0 Å². The molecule has 5 nitrogen and oxygen atoms in total. The Bertz CT molecular complexity index is 405. The highest BCUT2D eigenvalue weighted by Gasteiger charge is 2.20. The molecular weight excluding hydrogens is 252 g/mol. The number of likely N-dealkylation sites (tertiary alicyclic amines) is 1. The number of piperidine rings is 1. The van der Waals surface area contributed by atoms with E-state index in [9.17, 15) is 0 Å². The molecule has 0 aromatic carbocycles. The number of nitrogens with one attached hydrogen (secondary N) is 1. The molecule has 0 aliphatic carbocycles. The monoisotopic (exact) mass is 280 g/mol. The average molecular weight is 280 g/mol. The van der Waals surface area contributed by atoms with Crippen molar-refractivity contribution in [1.29, 1.82) is 0 Å². The molecule has 114 valence electrons. The Morgan fingerprint density at radius 3 is 3.10 bits per heavy atom. The second-order valence-corrected chi connectivity index (χ2v) is 5.62. The van der Waals surface area contributed by atoms with Crippen molar-refractivity contribution in [2.75, 3.05) is 38.7 Å². The zero-order valence-electron chi connectivity index (χ0n) is 13.1. The van der Waals surface area contributed by atoms with Crippen molar-refractivity contribution in [3.05, 3.63) is 11.9 Å². The van der Waals surface area contributed by atoms with Gasteiger partial charge in [-0.2, -0.15) is 0 Å². The van der Waals surface area contributed by atoms with Crippen molar-refractivity contribution in [3.8, 4) is 0 Å². The van der Waals surface area contributed by atoms with E-state index in [1.165, 1.54) is 19.4 Å². The van der Waals surface area contributed by atoms with Crippen LogP contribution in [-0.4, -0.2) is 53.8 Å². The van der Waals surface area contributed by atoms with Gasteiger partial charge in [-0.3, -0.25) is 0 Å². The van der Waals surface area contributed by atoms with Crippen LogP contribution in [0.4, 0.5) is 5.95 Å². The molecule has 1 aliphatic heterocycles. The highest BCUT2D eigenvalue weighted by molar-refractivity contribution is 5.30. The first-order chi connectivity index (χ1) is 9.72. The van der Waals surface area contributed by atoms with E-state index in [1.807, 2.05) is 0 Å². The molecule has 1 fully saturated rings. The Kier molecular flexibility index (Phi) is 5.86. The van der Waals surface area contributed by atoms with E-state index >= 15 is 0 Å². The SMILES string of the molecule is CCN1CCCC(Nc2nc(C)cn2CCCOC)C1. The Labute approximate surface area is 122 Å². The summed E-state index contributed by atoms with van der Waals surface area (Å²) in [6, 6.07) is 0.520. The molecule has 0 amide bonds. The Morgan fingerprint density at radius 1 is 1.50 bits per heavy atom. The van der Waals surface area contributed by atoms with Gasteiger partial charge in [0.25, 0.3) is 0 Å². The normalized spacial score (nSPS) is 20.2. The molecular formula is C15H28N4O. The molecule has 2 rings (SSSR count). The minimum atomic E-state index is 0.520. The van der Waals surface area contributed by atoms with Crippen LogP contribution in [0.25, 0.3) is 0 Å². The highest BCUT2D eigenvalue weighted by Crippen LogP contribution is 2.16. The number of methoxy groups -OCH3 is 1. The van der Waals surface area contributed by atoms with Crippen LogP contribution in [0.2, 0.25) is 0 Å². The van der Waals surface area contributed by atoms with Crippen molar-refractivity contribution in [2.24, 2.45) is 0 Å². The number of aromatic nitrogens is 2. The van der Waals surface area contributed by atoms with Crippen LogP contribution in [0.1, 0.15) is 31.9 Å². The third kappa shape index (κ3) is 4.21. The van der Waals surface area contributed by atoms with Gasteiger partial charge in [-0.15, -0.1) is 0 Å². The number of aryl methyl sites for hydroxylation is 2. The molecule has 1 aromatic rings. The van der Waals surface area contributed by atoms with E-state index in [2.05, 4.69) is 39.8 Å². The summed E-state index contributed by atoms with van der Waals surface area (Å²) in [4.78, 5) is 7.13. The summed E-state index contributed by atoms with van der Waals surface area (Å²) in [5, 5.41) is 3.63. The number of rotatable bonds is 7. The molecule has 2 heterocycles. The number of hydrogen-bond donors (Lipinski definition) is 1. The highest BCUT2D eigenvalue weighted by atomic mass is 16.5. The quantitative estimate of drug-likeness (QED) is 0.777. The Morgan fingerprint density at radius 2 is 2.35 bits per heavy atom. The van der Waals surface area contributed by atoms with Gasteiger partial charge >= 0.3 is 0 Å². The van der Waals surface area contributed by atoms with E-state index in [0.29, 0.717) is 6.04 Å². The van der Waals surface area contributed by atoms with Crippen LogP contribution < -0.4 is 5.32 Å². The van der Waals surface area contributed by atoms with Gasteiger partial charge in [0.05, 0.1) is 5.69 Å². The molecule has 0 saturated carbocycles. The maximum absolute atomic E-state index is 5.13. The van der Waals surface area contributed by atoms with Gasteiger partial charge in [-0.25, -0.2) is 4.98 Å². The Hall–Kier alpha value is -1.07. The summed E-state index contributed by atoms with van der Waals surface area (Å²) in [7, 11) is 1.75. The fourth-order valence-corrected chi connectivity index (χ4v) is 2.85. The number of anilines is 1. The molecule has 1 saturated heterocycles. The lowest BCUT2D eigenvalue weighted by Crippen LogP contribution is -2.42. The average Bonchev–Trinajstić information content (AvgIpc) is 2.79. The van der Waals surface area contributed by atoms with Gasteiger partial charge in [-0.05, 0) is 39.3 Å². The van der Waals surface area contributed by atoms with Crippen molar-refractivity contribution >= 4 is 5.95 Å². The second kappa shape index (κ2) is 7.64. The summed E-state index contributed by atoms with van der Waals surface area (Å²) in [5.41, 5.74) is 1.08. The maximum atomic E-state index is 5.13. The molecule has 0 bridgehead atoms. The molecule has 20 heavy (non-hydrogen) atoms. The first kappa shape index (κ1) is 15.3. The number of hydrogen-bond acceptors (Lipinski definition) is 4. The molecule has 1 unspecified atom stereocenters. The number of ether oxygens (including phenoxy) is 1. The maximum Gasteiger partial charge on any atom is 0.203 e. The summed E-state index contributed by atoms with van der Waals surface area (Å²) in [6.45, 7) is 9.54. The molecule has 0 radical (unpaired) electrons. The van der Waals surface area contributed by atoms with E-state index in [0.717, 1.165) is 44.3 Å². The van der Waals surface area contributed by atoms with E-state index < -0.39 is 0 Å². The molecule has 1 aromatic heterocycles. The first-order valence-corrected chi connectivity index (χ1v) is 7.74. The van der Waals surface area contributed by atoms with Crippen LogP contribution in [0.5, 0.6) is 0 Å². The topological polar surface area (TPSA) is 42.3 Å². The molecule has 5 heteroatoms. The summed E-state index contributed by atoms with van der Waals surface area (Å²) in [6.07, 6.45) is 5.65. The number of likely N-dealkylation sites (N-methyl/N-ethyl adjacent to an activating group) is 1. The predicted octanol–water partition coefficient (Wildman–Crippen LogP) is 2.12. The van der Waals surface area contributed by atoms with Gasteiger partial charge in [0.2, 0.25) is 5.95 Å². The van der Waals surface area contributed by atoms with E-state index in [-0.39, 0.29) is 0 Å². The third-order valence-corrected chi connectivity index (χ3v) is 3.93. The standard InChI is InChI=1S/C15H28N4O/c1-4-18-8-5-7-14(12-18)17-15-16-13(2)11-19(15)9-6-10-20-3/h11,14H,4-10,12H2,1-3H3,(H,16,17). The van der Waals surface area contributed by atoms with Gasteiger partial charge in [-0.1, -0.05) is 6.92 Å².